The largest absolute Gasteiger partial charge is 0.480 e. The lowest BCUT2D eigenvalue weighted by Gasteiger charge is -2.29. The Kier molecular flexibility index (Phi) is 13.4. The van der Waals surface area contributed by atoms with Crippen LogP contribution in [0.25, 0.3) is 0 Å². The fourth-order valence-electron chi connectivity index (χ4n) is 3.16. The lowest BCUT2D eigenvalue weighted by molar-refractivity contribution is -0.142. The van der Waals surface area contributed by atoms with Crippen molar-refractivity contribution in [2.24, 2.45) is 11.7 Å². The summed E-state index contributed by atoms with van der Waals surface area (Å²) in [5, 5.41) is 27.8. The summed E-state index contributed by atoms with van der Waals surface area (Å²) in [5.41, 5.74) is 6.95. The molecule has 0 radical (unpaired) electrons. The zero-order valence-electron chi connectivity index (χ0n) is 18.5. The molecule has 1 rings (SSSR count). The maximum atomic E-state index is 12.9. The highest BCUT2D eigenvalue weighted by Crippen LogP contribution is 2.09. The molecule has 176 valence electrons. The van der Waals surface area contributed by atoms with Crippen LogP contribution in [0.4, 0.5) is 0 Å². The minimum Gasteiger partial charge on any atom is -0.480 e. The number of aliphatic hydroxyl groups is 1. The molecule has 0 spiro atoms. The van der Waals surface area contributed by atoms with Crippen LogP contribution >= 0.6 is 12.6 Å². The number of nitrogens with one attached hydrogen (secondary N) is 3. The van der Waals surface area contributed by atoms with E-state index in [9.17, 15) is 14.7 Å². The van der Waals surface area contributed by atoms with Crippen LogP contribution in [-0.2, 0) is 16.0 Å². The van der Waals surface area contributed by atoms with E-state index in [-0.39, 0.29) is 25.1 Å². The topological polar surface area (TPSA) is 137 Å². The van der Waals surface area contributed by atoms with E-state index in [1.165, 1.54) is 0 Å². The normalized spacial score (nSPS) is 16.2. The third kappa shape index (κ3) is 10.5. The van der Waals surface area contributed by atoms with Gasteiger partial charge in [-0.15, -0.1) is 0 Å². The average Bonchev–Trinajstić information content (AvgIpc) is 2.77. The molecule has 0 aliphatic heterocycles. The Bertz CT molecular complexity index is 650. The number of carbonyl (C=O) groups is 2. The first-order valence-electron chi connectivity index (χ1n) is 10.8. The molecule has 0 heterocycles. The van der Waals surface area contributed by atoms with E-state index in [1.54, 1.807) is 0 Å². The molecule has 31 heavy (non-hydrogen) atoms. The second-order valence-electron chi connectivity index (χ2n) is 7.91. The Balaban J connectivity index is 2.90. The van der Waals surface area contributed by atoms with Crippen LogP contribution < -0.4 is 21.7 Å². The van der Waals surface area contributed by atoms with Crippen LogP contribution in [0.5, 0.6) is 0 Å². The summed E-state index contributed by atoms with van der Waals surface area (Å²) in [4.78, 5) is 24.3. The number of carboxylic acids is 1. The van der Waals surface area contributed by atoms with Gasteiger partial charge in [0.05, 0.1) is 6.04 Å². The molecule has 7 N–H and O–H groups in total. The summed E-state index contributed by atoms with van der Waals surface area (Å²) < 4.78 is 0. The number of hydrogen-bond acceptors (Lipinski definition) is 7. The van der Waals surface area contributed by atoms with Crippen LogP contribution in [0.3, 0.4) is 0 Å². The van der Waals surface area contributed by atoms with Gasteiger partial charge in [0.25, 0.3) is 0 Å². The van der Waals surface area contributed by atoms with Gasteiger partial charge in [-0.2, -0.15) is 12.6 Å². The molecule has 0 saturated heterocycles. The van der Waals surface area contributed by atoms with Crippen LogP contribution in [0.2, 0.25) is 0 Å². The van der Waals surface area contributed by atoms with Gasteiger partial charge < -0.3 is 31.9 Å². The lowest BCUT2D eigenvalue weighted by Crippen LogP contribution is -2.55. The molecule has 0 aromatic heterocycles. The fraction of sp³-hybridized carbons (Fsp3) is 0.636. The van der Waals surface area contributed by atoms with E-state index in [1.807, 2.05) is 30.3 Å². The molecule has 5 atom stereocenters. The monoisotopic (exact) mass is 454 g/mol. The Morgan fingerprint density at radius 2 is 1.81 bits per heavy atom. The second kappa shape index (κ2) is 15.2. The van der Waals surface area contributed by atoms with Crippen LogP contribution in [0.1, 0.15) is 32.3 Å². The molecule has 0 saturated carbocycles. The van der Waals surface area contributed by atoms with Gasteiger partial charge in [-0.1, -0.05) is 50.6 Å². The van der Waals surface area contributed by atoms with Crippen LogP contribution in [0, 0.1) is 5.92 Å². The van der Waals surface area contributed by atoms with Gasteiger partial charge in [-0.3, -0.25) is 4.79 Å². The summed E-state index contributed by atoms with van der Waals surface area (Å²) in [6.45, 7) is 5.07. The number of carboxylic acid groups (broad SMARTS) is 1. The maximum absolute atomic E-state index is 12.9. The van der Waals surface area contributed by atoms with E-state index >= 15 is 0 Å². The van der Waals surface area contributed by atoms with Crippen molar-refractivity contribution >= 4 is 24.5 Å². The number of amides is 1. The zero-order valence-corrected chi connectivity index (χ0v) is 19.4. The SMILES string of the molecule is CC[C@H](C)[C@@H](CN[C@@H](Cc1ccccc1)C(=O)N[C@@H](CCO)C(=O)O)NC[C@@H](N)CS. The highest BCUT2D eigenvalue weighted by Gasteiger charge is 2.26. The summed E-state index contributed by atoms with van der Waals surface area (Å²) in [5.74, 6) is -0.643. The highest BCUT2D eigenvalue weighted by atomic mass is 32.1. The first kappa shape index (κ1) is 27.4. The number of aliphatic carboxylic acids is 1. The number of thiol groups is 1. The summed E-state index contributed by atoms with van der Waals surface area (Å²) in [6, 6.07) is 7.85. The summed E-state index contributed by atoms with van der Waals surface area (Å²) in [7, 11) is 0. The van der Waals surface area contributed by atoms with Crippen LogP contribution in [-0.4, -0.2) is 71.7 Å². The first-order valence-corrected chi connectivity index (χ1v) is 11.5. The van der Waals surface area contributed by atoms with Crippen molar-refractivity contribution in [3.05, 3.63) is 35.9 Å². The number of benzene rings is 1. The van der Waals surface area contributed by atoms with Crippen molar-refractivity contribution in [1.29, 1.82) is 0 Å². The van der Waals surface area contributed by atoms with Gasteiger partial charge in [-0.25, -0.2) is 4.79 Å². The molecule has 0 aliphatic carbocycles. The molecule has 0 unspecified atom stereocenters. The molecule has 0 bridgehead atoms. The minimum absolute atomic E-state index is 0.0439. The predicted molar refractivity (Wildman–Crippen MR) is 126 cm³/mol. The summed E-state index contributed by atoms with van der Waals surface area (Å²) in [6.07, 6.45) is 1.34. The van der Waals surface area contributed by atoms with Gasteiger partial charge in [0.2, 0.25) is 5.91 Å². The molecule has 0 fully saturated rings. The maximum Gasteiger partial charge on any atom is 0.326 e. The number of nitrogens with two attached hydrogens (primary N) is 1. The van der Waals surface area contributed by atoms with Crippen molar-refractivity contribution < 1.29 is 19.8 Å². The third-order valence-corrected chi connectivity index (χ3v) is 5.89. The number of aliphatic hydroxyl groups excluding tert-OH is 1. The van der Waals surface area contributed by atoms with Crippen molar-refractivity contribution in [2.45, 2.75) is 57.3 Å². The Morgan fingerprint density at radius 3 is 2.35 bits per heavy atom. The summed E-state index contributed by atoms with van der Waals surface area (Å²) >= 11 is 4.23. The molecule has 9 heteroatoms. The second-order valence-corrected chi connectivity index (χ2v) is 8.27. The Hall–Kier alpha value is -1.65. The molecular formula is C22H38N4O4S. The van der Waals surface area contributed by atoms with Gasteiger partial charge in [-0.05, 0) is 17.9 Å². The number of carbonyl (C=O) groups excluding carboxylic acids is 1. The lowest BCUT2D eigenvalue weighted by atomic mass is 9.97. The van der Waals surface area contributed by atoms with Crippen molar-refractivity contribution in [1.82, 2.24) is 16.0 Å². The molecule has 1 aromatic carbocycles. The molecule has 0 aliphatic rings. The quantitative estimate of drug-likeness (QED) is 0.180. The van der Waals surface area contributed by atoms with Crippen LogP contribution in [0.15, 0.2) is 30.3 Å². The van der Waals surface area contributed by atoms with Crippen molar-refractivity contribution in [3.63, 3.8) is 0 Å². The molecule has 1 amide bonds. The van der Waals surface area contributed by atoms with Gasteiger partial charge in [0.1, 0.15) is 6.04 Å². The smallest absolute Gasteiger partial charge is 0.326 e. The van der Waals surface area contributed by atoms with E-state index in [0.717, 1.165) is 12.0 Å². The van der Waals surface area contributed by atoms with E-state index in [4.69, 9.17) is 10.8 Å². The third-order valence-electron chi connectivity index (χ3n) is 5.42. The van der Waals surface area contributed by atoms with Gasteiger partial charge in [0.15, 0.2) is 0 Å². The standard InChI is InChI=1S/C22H38N4O4S/c1-3-15(2)20(24-12-17(23)14-31)13-25-19(11-16-7-5-4-6-8-16)21(28)26-18(9-10-27)22(29)30/h4-8,15,17-20,24-25,27,31H,3,9-14,23H2,1-2H3,(H,26,28)(H,29,30)/t15-,17+,18-,19-,20+/m0/s1. The van der Waals surface area contributed by atoms with E-state index in [0.29, 0.717) is 31.2 Å². The van der Waals surface area contributed by atoms with Crippen molar-refractivity contribution in [3.8, 4) is 0 Å². The molecule has 1 aromatic rings. The highest BCUT2D eigenvalue weighted by molar-refractivity contribution is 7.80. The van der Waals surface area contributed by atoms with Gasteiger partial charge in [0, 0.05) is 44.0 Å². The zero-order chi connectivity index (χ0) is 23.2. The van der Waals surface area contributed by atoms with Gasteiger partial charge >= 0.3 is 5.97 Å². The van der Waals surface area contributed by atoms with E-state index in [2.05, 4.69) is 42.4 Å². The van der Waals surface area contributed by atoms with Crippen molar-refractivity contribution in [2.75, 3.05) is 25.4 Å². The predicted octanol–water partition coefficient (Wildman–Crippen LogP) is 0.401. The Labute approximate surface area is 190 Å². The minimum atomic E-state index is -1.17. The Morgan fingerprint density at radius 1 is 1.13 bits per heavy atom. The first-order chi connectivity index (χ1) is 14.8. The molecule has 8 nitrogen and oxygen atoms in total. The number of hydrogen-bond donors (Lipinski definition) is 7. The fourth-order valence-corrected chi connectivity index (χ4v) is 3.29. The van der Waals surface area contributed by atoms with E-state index < -0.39 is 24.0 Å². The number of rotatable bonds is 16. The molecular weight excluding hydrogens is 416 g/mol. The average molecular weight is 455 g/mol.